The highest BCUT2D eigenvalue weighted by molar-refractivity contribution is 6.46. The Bertz CT molecular complexity index is 1240. The van der Waals surface area contributed by atoms with Crippen LogP contribution < -0.4 is 9.47 Å². The number of aromatic nitrogens is 1. The maximum atomic E-state index is 13.2. The molecule has 7 nitrogen and oxygen atoms in total. The van der Waals surface area contributed by atoms with Gasteiger partial charge >= 0.3 is 0 Å². The molecule has 1 fully saturated rings. The van der Waals surface area contributed by atoms with Crippen LogP contribution in [0.3, 0.4) is 0 Å². The van der Waals surface area contributed by atoms with E-state index in [0.29, 0.717) is 42.2 Å². The lowest BCUT2D eigenvalue weighted by Gasteiger charge is -2.26. The lowest BCUT2D eigenvalue weighted by Crippen LogP contribution is -2.31. The van der Waals surface area contributed by atoms with Crippen LogP contribution in [0.5, 0.6) is 11.5 Å². The molecule has 1 aliphatic rings. The van der Waals surface area contributed by atoms with Crippen molar-refractivity contribution in [3.63, 3.8) is 0 Å². The second kappa shape index (κ2) is 11.5. The summed E-state index contributed by atoms with van der Waals surface area (Å²) in [5.74, 6) is -0.505. The normalized spacial score (nSPS) is 16.8. The molecule has 186 valence electrons. The number of ether oxygens (including phenoxy) is 2. The van der Waals surface area contributed by atoms with Crippen LogP contribution >= 0.6 is 0 Å². The molecular weight excluding hydrogens is 456 g/mol. The Labute approximate surface area is 211 Å². The van der Waals surface area contributed by atoms with Crippen LogP contribution in [0.15, 0.2) is 78.6 Å². The first-order valence-corrected chi connectivity index (χ1v) is 12.1. The largest absolute Gasteiger partial charge is 0.507 e. The first-order valence-electron chi connectivity index (χ1n) is 12.1. The van der Waals surface area contributed by atoms with Crippen LogP contribution in [-0.4, -0.2) is 46.9 Å². The van der Waals surface area contributed by atoms with Gasteiger partial charge in [0.05, 0.1) is 25.3 Å². The third-order valence-electron chi connectivity index (χ3n) is 6.24. The highest BCUT2D eigenvalue weighted by Gasteiger charge is 2.46. The van der Waals surface area contributed by atoms with Gasteiger partial charge in [-0.15, -0.1) is 0 Å². The Kier molecular flexibility index (Phi) is 8.00. The topological polar surface area (TPSA) is 89.0 Å². The lowest BCUT2D eigenvalue weighted by atomic mass is 9.95. The molecule has 0 aliphatic carbocycles. The maximum absolute atomic E-state index is 13.2. The zero-order valence-corrected chi connectivity index (χ0v) is 20.5. The van der Waals surface area contributed by atoms with Crippen molar-refractivity contribution in [2.45, 2.75) is 32.2 Å². The molecule has 0 saturated carbocycles. The minimum Gasteiger partial charge on any atom is -0.507 e. The molecule has 2 aromatic carbocycles. The number of ketones is 1. The summed E-state index contributed by atoms with van der Waals surface area (Å²) in [6, 6.07) is 17.6. The molecule has 1 atom stereocenters. The standard InChI is InChI=1S/C29H30N2O5/c1-3-4-18-36-23-11-10-22(19-24(23)35-2)26-25(27(32)21-12-15-30-16-13-21)28(33)29(34)31(26)17-14-20-8-6-5-7-9-20/h5-13,15-16,19,26,32H,3-4,14,17-18H2,1-2H3. The van der Waals surface area contributed by atoms with Crippen molar-refractivity contribution in [2.24, 2.45) is 0 Å². The van der Waals surface area contributed by atoms with Crippen LogP contribution in [0, 0.1) is 0 Å². The first-order chi connectivity index (χ1) is 17.5. The number of aliphatic hydroxyl groups excluding tert-OH is 1. The zero-order chi connectivity index (χ0) is 25.5. The molecule has 0 spiro atoms. The van der Waals surface area contributed by atoms with Crippen molar-refractivity contribution in [3.8, 4) is 11.5 Å². The van der Waals surface area contributed by atoms with Gasteiger partial charge in [0.15, 0.2) is 11.5 Å². The molecular formula is C29H30N2O5. The fourth-order valence-corrected chi connectivity index (χ4v) is 4.32. The molecule has 1 amide bonds. The number of amides is 1. The summed E-state index contributed by atoms with van der Waals surface area (Å²) >= 11 is 0. The predicted octanol–water partition coefficient (Wildman–Crippen LogP) is 4.93. The van der Waals surface area contributed by atoms with Crippen LogP contribution in [-0.2, 0) is 16.0 Å². The van der Waals surface area contributed by atoms with Gasteiger partial charge in [0.2, 0.25) is 0 Å². The summed E-state index contributed by atoms with van der Waals surface area (Å²) in [6.45, 7) is 2.96. The van der Waals surface area contributed by atoms with Crippen LogP contribution in [0.25, 0.3) is 5.76 Å². The predicted molar refractivity (Wildman–Crippen MR) is 137 cm³/mol. The number of nitrogens with zero attached hydrogens (tertiary/aromatic N) is 2. The average Bonchev–Trinajstić information content (AvgIpc) is 3.17. The number of carbonyl (C=O) groups is 2. The number of hydrogen-bond acceptors (Lipinski definition) is 6. The number of Topliss-reactive ketones (excluding diaryl/α,β-unsaturated/α-hetero) is 1. The highest BCUT2D eigenvalue weighted by Crippen LogP contribution is 2.42. The molecule has 1 N–H and O–H groups in total. The Morgan fingerprint density at radius 1 is 1.03 bits per heavy atom. The van der Waals surface area contributed by atoms with E-state index in [9.17, 15) is 14.7 Å². The fraction of sp³-hybridized carbons (Fsp3) is 0.276. The van der Waals surface area contributed by atoms with Crippen molar-refractivity contribution in [2.75, 3.05) is 20.3 Å². The quantitative estimate of drug-likeness (QED) is 0.189. The maximum Gasteiger partial charge on any atom is 0.295 e. The van der Waals surface area contributed by atoms with Crippen molar-refractivity contribution < 1.29 is 24.2 Å². The summed E-state index contributed by atoms with van der Waals surface area (Å²) in [6.07, 6.45) is 5.54. The SMILES string of the molecule is CCCCOc1ccc(C2C(=C(O)c3ccncc3)C(=O)C(=O)N2CCc2ccccc2)cc1OC. The summed E-state index contributed by atoms with van der Waals surface area (Å²) in [5.41, 5.74) is 2.16. The molecule has 3 aromatic rings. The molecule has 7 heteroatoms. The van der Waals surface area contributed by atoms with Gasteiger partial charge in [0.1, 0.15) is 5.76 Å². The van der Waals surface area contributed by atoms with Gasteiger partial charge < -0.3 is 19.5 Å². The van der Waals surface area contributed by atoms with E-state index in [1.54, 1.807) is 31.4 Å². The van der Waals surface area contributed by atoms with Gasteiger partial charge in [-0.3, -0.25) is 14.6 Å². The van der Waals surface area contributed by atoms with Crippen LogP contribution in [0.4, 0.5) is 0 Å². The second-order valence-electron chi connectivity index (χ2n) is 8.58. The molecule has 0 bridgehead atoms. The van der Waals surface area contributed by atoms with E-state index >= 15 is 0 Å². The molecule has 1 unspecified atom stereocenters. The zero-order valence-electron chi connectivity index (χ0n) is 20.5. The smallest absolute Gasteiger partial charge is 0.295 e. The highest BCUT2D eigenvalue weighted by atomic mass is 16.5. The van der Waals surface area contributed by atoms with Gasteiger partial charge in [0.25, 0.3) is 11.7 Å². The summed E-state index contributed by atoms with van der Waals surface area (Å²) in [7, 11) is 1.55. The number of carbonyl (C=O) groups excluding carboxylic acids is 2. The van der Waals surface area contributed by atoms with Crippen LogP contribution in [0.1, 0.15) is 42.5 Å². The van der Waals surface area contributed by atoms with Crippen LogP contribution in [0.2, 0.25) is 0 Å². The van der Waals surface area contributed by atoms with E-state index in [-0.39, 0.29) is 11.3 Å². The second-order valence-corrected chi connectivity index (χ2v) is 8.58. The van der Waals surface area contributed by atoms with E-state index in [4.69, 9.17) is 9.47 Å². The fourth-order valence-electron chi connectivity index (χ4n) is 4.32. The molecule has 2 heterocycles. The number of benzene rings is 2. The molecule has 0 radical (unpaired) electrons. The number of rotatable bonds is 10. The summed E-state index contributed by atoms with van der Waals surface area (Å²) < 4.78 is 11.4. The molecule has 36 heavy (non-hydrogen) atoms. The third-order valence-corrected chi connectivity index (χ3v) is 6.24. The minimum absolute atomic E-state index is 0.0426. The Balaban J connectivity index is 1.77. The number of methoxy groups -OCH3 is 1. The van der Waals surface area contributed by atoms with Gasteiger partial charge in [0, 0.05) is 24.5 Å². The lowest BCUT2D eigenvalue weighted by molar-refractivity contribution is -0.139. The molecule has 4 rings (SSSR count). The van der Waals surface area contributed by atoms with E-state index in [1.807, 2.05) is 36.4 Å². The average molecular weight is 487 g/mol. The monoisotopic (exact) mass is 486 g/mol. The van der Waals surface area contributed by atoms with Gasteiger partial charge in [-0.05, 0) is 48.2 Å². The number of hydrogen-bond donors (Lipinski definition) is 1. The third kappa shape index (κ3) is 5.25. The Morgan fingerprint density at radius 3 is 2.47 bits per heavy atom. The van der Waals surface area contributed by atoms with Crippen molar-refractivity contribution >= 4 is 17.4 Å². The Morgan fingerprint density at radius 2 is 1.78 bits per heavy atom. The number of pyridine rings is 1. The Hall–Kier alpha value is -4.13. The van der Waals surface area contributed by atoms with Gasteiger partial charge in [-0.25, -0.2) is 0 Å². The first kappa shape index (κ1) is 25.0. The molecule has 1 aromatic heterocycles. The van der Waals surface area contributed by atoms with E-state index < -0.39 is 17.7 Å². The van der Waals surface area contributed by atoms with Gasteiger partial charge in [-0.1, -0.05) is 49.7 Å². The van der Waals surface area contributed by atoms with Crippen molar-refractivity contribution in [3.05, 3.63) is 95.3 Å². The summed E-state index contributed by atoms with van der Waals surface area (Å²) in [4.78, 5) is 32.0. The molecule has 1 aliphatic heterocycles. The van der Waals surface area contributed by atoms with Gasteiger partial charge in [-0.2, -0.15) is 0 Å². The molecule has 1 saturated heterocycles. The van der Waals surface area contributed by atoms with Crippen molar-refractivity contribution in [1.29, 1.82) is 0 Å². The number of unbranched alkanes of at least 4 members (excludes halogenated alkanes) is 1. The number of likely N-dealkylation sites (tertiary alicyclic amines) is 1. The summed E-state index contributed by atoms with van der Waals surface area (Å²) in [5, 5.41) is 11.2. The van der Waals surface area contributed by atoms with E-state index in [2.05, 4.69) is 11.9 Å². The van der Waals surface area contributed by atoms with E-state index in [1.165, 1.54) is 17.3 Å². The number of aliphatic hydroxyl groups is 1. The minimum atomic E-state index is -0.777. The van der Waals surface area contributed by atoms with Crippen molar-refractivity contribution in [1.82, 2.24) is 9.88 Å². The van der Waals surface area contributed by atoms with E-state index in [0.717, 1.165) is 18.4 Å².